The average Bonchev–Trinajstić information content (AvgIpc) is 3.36. The maximum Gasteiger partial charge on any atom is 0.228 e. The van der Waals surface area contributed by atoms with Gasteiger partial charge in [-0.3, -0.25) is 4.99 Å². The molecule has 6 rings (SSSR count). The number of hydrogen-bond donors (Lipinski definition) is 0. The van der Waals surface area contributed by atoms with Crippen molar-refractivity contribution in [3.63, 3.8) is 0 Å². The van der Waals surface area contributed by atoms with E-state index in [-0.39, 0.29) is 5.41 Å². The van der Waals surface area contributed by atoms with E-state index in [0.29, 0.717) is 0 Å². The van der Waals surface area contributed by atoms with Crippen molar-refractivity contribution in [2.24, 2.45) is 4.99 Å². The molecule has 4 heteroatoms. The smallest absolute Gasteiger partial charge is 0.228 e. The van der Waals surface area contributed by atoms with Crippen LogP contribution in [-0.4, -0.2) is 32.1 Å². The summed E-state index contributed by atoms with van der Waals surface area (Å²) in [4.78, 5) is 9.79. The van der Waals surface area contributed by atoms with E-state index in [1.54, 1.807) is 0 Å². The summed E-state index contributed by atoms with van der Waals surface area (Å²) >= 11 is 0. The van der Waals surface area contributed by atoms with Crippen LogP contribution in [0, 0.1) is 0 Å². The standard InChI is InChI=1S/C26H27N3O/c1-25(2)20-12-6-7-13-21(20)28(3)26(25)17-27-24-19-11-5-4-10-18(19)22(16-23(24)30-26)29-14-8-9-15-29/h4-7,10-13,16-17H,8-9,14-15H2,1-3H3. The summed E-state index contributed by atoms with van der Waals surface area (Å²) in [6, 6.07) is 19.4. The third-order valence-electron chi connectivity index (χ3n) is 7.37. The zero-order valence-electron chi connectivity index (χ0n) is 17.9. The summed E-state index contributed by atoms with van der Waals surface area (Å²) in [7, 11) is 2.12. The van der Waals surface area contributed by atoms with Gasteiger partial charge in [-0.2, -0.15) is 0 Å². The molecular weight excluding hydrogens is 370 g/mol. The van der Waals surface area contributed by atoms with Crippen LogP contribution in [0.5, 0.6) is 5.75 Å². The number of benzene rings is 3. The van der Waals surface area contributed by atoms with Gasteiger partial charge in [-0.1, -0.05) is 42.5 Å². The number of rotatable bonds is 1. The van der Waals surface area contributed by atoms with Crippen LogP contribution in [0.15, 0.2) is 59.6 Å². The Morgan fingerprint density at radius 2 is 1.60 bits per heavy atom. The van der Waals surface area contributed by atoms with E-state index in [1.807, 2.05) is 6.21 Å². The number of aliphatic imine (C=N–C) groups is 1. The number of nitrogens with zero attached hydrogens (tertiary/aromatic N) is 3. The van der Waals surface area contributed by atoms with Gasteiger partial charge >= 0.3 is 0 Å². The third-order valence-corrected chi connectivity index (χ3v) is 7.37. The Balaban J connectivity index is 1.55. The van der Waals surface area contributed by atoms with Crippen molar-refractivity contribution in [2.75, 3.05) is 29.9 Å². The van der Waals surface area contributed by atoms with Gasteiger partial charge < -0.3 is 14.5 Å². The van der Waals surface area contributed by atoms with Gasteiger partial charge in [0.1, 0.15) is 5.69 Å². The highest BCUT2D eigenvalue weighted by Crippen LogP contribution is 2.55. The van der Waals surface area contributed by atoms with Crippen LogP contribution in [0.2, 0.25) is 0 Å². The van der Waals surface area contributed by atoms with Crippen LogP contribution in [-0.2, 0) is 5.41 Å². The van der Waals surface area contributed by atoms with Gasteiger partial charge in [0.25, 0.3) is 0 Å². The fraction of sp³-hybridized carbons (Fsp3) is 0.346. The predicted molar refractivity (Wildman–Crippen MR) is 125 cm³/mol. The second kappa shape index (κ2) is 6.00. The number of ether oxygens (including phenoxy) is 1. The Hall–Kier alpha value is -3.01. The highest BCUT2D eigenvalue weighted by Gasteiger charge is 2.58. The lowest BCUT2D eigenvalue weighted by molar-refractivity contribution is 0.0827. The largest absolute Gasteiger partial charge is 0.459 e. The predicted octanol–water partition coefficient (Wildman–Crippen LogP) is 5.66. The maximum absolute atomic E-state index is 6.95. The Kier molecular flexibility index (Phi) is 3.57. The summed E-state index contributed by atoms with van der Waals surface area (Å²) in [5, 5.41) is 2.43. The molecule has 0 N–H and O–H groups in total. The molecule has 1 saturated heterocycles. The van der Waals surface area contributed by atoms with Gasteiger partial charge in [0, 0.05) is 48.4 Å². The van der Waals surface area contributed by atoms with Crippen molar-refractivity contribution in [1.29, 1.82) is 0 Å². The number of fused-ring (bicyclic) bond motifs is 4. The molecule has 0 radical (unpaired) electrons. The molecule has 3 aliphatic rings. The van der Waals surface area contributed by atoms with Gasteiger partial charge in [0.05, 0.1) is 11.6 Å². The Labute approximate surface area is 177 Å². The zero-order chi connectivity index (χ0) is 20.5. The molecule has 0 amide bonds. The van der Waals surface area contributed by atoms with E-state index >= 15 is 0 Å². The van der Waals surface area contributed by atoms with Crippen molar-refractivity contribution >= 4 is 34.0 Å². The molecule has 0 aromatic heterocycles. The molecule has 3 aromatic carbocycles. The van der Waals surface area contributed by atoms with Gasteiger partial charge in [-0.15, -0.1) is 0 Å². The van der Waals surface area contributed by atoms with E-state index in [1.165, 1.54) is 40.6 Å². The first kappa shape index (κ1) is 17.8. The summed E-state index contributed by atoms with van der Waals surface area (Å²) in [5.41, 5.74) is 3.83. The highest BCUT2D eigenvalue weighted by molar-refractivity contribution is 6.06. The summed E-state index contributed by atoms with van der Waals surface area (Å²) < 4.78 is 6.95. The van der Waals surface area contributed by atoms with E-state index in [9.17, 15) is 0 Å². The quantitative estimate of drug-likeness (QED) is 0.530. The van der Waals surface area contributed by atoms with Crippen molar-refractivity contribution in [2.45, 2.75) is 37.8 Å². The molecule has 0 aliphatic carbocycles. The minimum absolute atomic E-state index is 0.237. The molecule has 1 spiro atoms. The monoisotopic (exact) mass is 397 g/mol. The van der Waals surface area contributed by atoms with E-state index < -0.39 is 5.72 Å². The molecule has 3 heterocycles. The SMILES string of the molecule is CN1c2ccccc2C(C)(C)C12C=Nc1c(cc(N3CCCC3)c3ccccc13)O2. The molecule has 152 valence electrons. The van der Waals surface area contributed by atoms with Crippen molar-refractivity contribution < 1.29 is 4.74 Å². The van der Waals surface area contributed by atoms with Gasteiger partial charge in [0.15, 0.2) is 5.75 Å². The zero-order valence-corrected chi connectivity index (χ0v) is 17.9. The molecule has 3 aromatic rings. The summed E-state index contributed by atoms with van der Waals surface area (Å²) in [6.45, 7) is 6.73. The number of hydrogen-bond acceptors (Lipinski definition) is 4. The second-order valence-electron chi connectivity index (χ2n) is 9.24. The topological polar surface area (TPSA) is 28.1 Å². The Morgan fingerprint density at radius 1 is 0.900 bits per heavy atom. The molecule has 4 nitrogen and oxygen atoms in total. The minimum atomic E-state index is -0.644. The van der Waals surface area contributed by atoms with E-state index in [4.69, 9.17) is 9.73 Å². The summed E-state index contributed by atoms with van der Waals surface area (Å²) in [5.74, 6) is 0.880. The molecule has 30 heavy (non-hydrogen) atoms. The van der Waals surface area contributed by atoms with Crippen LogP contribution < -0.4 is 14.5 Å². The third kappa shape index (κ3) is 2.14. The lowest BCUT2D eigenvalue weighted by Gasteiger charge is -2.45. The van der Waals surface area contributed by atoms with Gasteiger partial charge in [0.2, 0.25) is 5.72 Å². The van der Waals surface area contributed by atoms with Crippen molar-refractivity contribution in [3.05, 3.63) is 60.2 Å². The highest BCUT2D eigenvalue weighted by atomic mass is 16.5. The van der Waals surface area contributed by atoms with E-state index in [0.717, 1.165) is 24.5 Å². The molecule has 1 fully saturated rings. The fourth-order valence-corrected chi connectivity index (χ4v) is 5.62. The molecule has 1 unspecified atom stereocenters. The van der Waals surface area contributed by atoms with Crippen molar-refractivity contribution in [3.8, 4) is 5.75 Å². The number of para-hydroxylation sites is 1. The van der Waals surface area contributed by atoms with Crippen molar-refractivity contribution in [1.82, 2.24) is 0 Å². The van der Waals surface area contributed by atoms with Crippen LogP contribution in [0.25, 0.3) is 10.8 Å². The fourth-order valence-electron chi connectivity index (χ4n) is 5.62. The first-order valence-corrected chi connectivity index (χ1v) is 10.9. The van der Waals surface area contributed by atoms with Gasteiger partial charge in [-0.05, 0) is 38.3 Å². The molecule has 1 atom stereocenters. The molecular formula is C26H27N3O. The van der Waals surface area contributed by atoms with Crippen LogP contribution in [0.4, 0.5) is 17.1 Å². The Bertz CT molecular complexity index is 1190. The molecule has 0 saturated carbocycles. The average molecular weight is 398 g/mol. The molecule has 3 aliphatic heterocycles. The molecule has 0 bridgehead atoms. The number of likely N-dealkylation sites (N-methyl/N-ethyl adjacent to an activating group) is 1. The second-order valence-corrected chi connectivity index (χ2v) is 9.24. The first-order valence-electron chi connectivity index (χ1n) is 10.9. The van der Waals surface area contributed by atoms with E-state index in [2.05, 4.69) is 85.3 Å². The van der Waals surface area contributed by atoms with Crippen LogP contribution >= 0.6 is 0 Å². The number of anilines is 2. The lowest BCUT2D eigenvalue weighted by atomic mass is 9.77. The summed E-state index contributed by atoms with van der Waals surface area (Å²) in [6.07, 6.45) is 4.52. The minimum Gasteiger partial charge on any atom is -0.459 e. The van der Waals surface area contributed by atoms with Crippen LogP contribution in [0.1, 0.15) is 32.3 Å². The normalized spacial score (nSPS) is 23.7. The van der Waals surface area contributed by atoms with Crippen LogP contribution in [0.3, 0.4) is 0 Å². The lowest BCUT2D eigenvalue weighted by Crippen LogP contribution is -2.61. The Morgan fingerprint density at radius 3 is 2.37 bits per heavy atom. The first-order chi connectivity index (χ1) is 14.5. The maximum atomic E-state index is 6.95. The van der Waals surface area contributed by atoms with Gasteiger partial charge in [-0.25, -0.2) is 0 Å².